The number of hydrogen-bond acceptors (Lipinski definition) is 5. The van der Waals surface area contributed by atoms with Crippen molar-refractivity contribution >= 4 is 0 Å². The molecule has 0 spiro atoms. The Morgan fingerprint density at radius 1 is 1.29 bits per heavy atom. The molecular formula is C14H23F2N3O2. The van der Waals surface area contributed by atoms with Crippen LogP contribution in [-0.4, -0.2) is 52.4 Å². The van der Waals surface area contributed by atoms with Gasteiger partial charge in [-0.15, -0.1) is 0 Å². The molecule has 0 saturated carbocycles. The molecule has 3 N–H and O–H groups in total. The van der Waals surface area contributed by atoms with Gasteiger partial charge in [-0.05, 0) is 31.8 Å². The first kappa shape index (κ1) is 17.6. The first-order valence-corrected chi connectivity index (χ1v) is 6.68. The number of methoxy groups -OCH3 is 1. The van der Waals surface area contributed by atoms with Crippen LogP contribution in [0, 0.1) is 0 Å². The largest absolute Gasteiger partial charge is 0.493 e. The highest BCUT2D eigenvalue weighted by atomic mass is 19.3. The number of nitrogens with zero attached hydrogens (tertiary/aromatic N) is 1. The minimum Gasteiger partial charge on any atom is -0.493 e. The fraction of sp³-hybridized carbons (Fsp3) is 0.571. The summed E-state index contributed by atoms with van der Waals surface area (Å²) in [6, 6.07) is 4.79. The molecule has 1 aromatic carbocycles. The molecule has 0 aliphatic rings. The standard InChI is InChI=1S/C14H23F2N3O2/c1-19(2)7-6-18-11(9-17)10-4-5-12(20-3)13(8-10)21-14(15)16/h4-5,8,11,14,18H,6-7,9,17H2,1-3H3. The lowest BCUT2D eigenvalue weighted by atomic mass is 10.1. The van der Waals surface area contributed by atoms with E-state index in [1.807, 2.05) is 19.0 Å². The van der Waals surface area contributed by atoms with Crippen LogP contribution in [0.2, 0.25) is 0 Å². The Labute approximate surface area is 124 Å². The number of hydrogen-bond donors (Lipinski definition) is 2. The molecule has 0 bridgehead atoms. The van der Waals surface area contributed by atoms with Crippen molar-refractivity contribution in [2.75, 3.05) is 40.8 Å². The SMILES string of the molecule is COc1ccc(C(CN)NCCN(C)C)cc1OC(F)F. The molecule has 1 rings (SSSR count). The fourth-order valence-electron chi connectivity index (χ4n) is 1.90. The summed E-state index contributed by atoms with van der Waals surface area (Å²) in [5.41, 5.74) is 6.53. The van der Waals surface area contributed by atoms with Gasteiger partial charge < -0.3 is 25.4 Å². The summed E-state index contributed by atoms with van der Waals surface area (Å²) in [7, 11) is 5.35. The molecule has 0 aliphatic heterocycles. The van der Waals surface area contributed by atoms with Crippen molar-refractivity contribution in [3.05, 3.63) is 23.8 Å². The minimum absolute atomic E-state index is 0.0119. The average Bonchev–Trinajstić information content (AvgIpc) is 2.42. The van der Waals surface area contributed by atoms with Crippen LogP contribution in [0.5, 0.6) is 11.5 Å². The van der Waals surface area contributed by atoms with Crippen LogP contribution >= 0.6 is 0 Å². The third kappa shape index (κ3) is 5.82. The summed E-state index contributed by atoms with van der Waals surface area (Å²) in [6.07, 6.45) is 0. The zero-order valence-corrected chi connectivity index (χ0v) is 12.6. The van der Waals surface area contributed by atoms with Crippen molar-refractivity contribution in [3.63, 3.8) is 0 Å². The molecular weight excluding hydrogens is 280 g/mol. The lowest BCUT2D eigenvalue weighted by Gasteiger charge is -2.20. The Morgan fingerprint density at radius 3 is 2.52 bits per heavy atom. The minimum atomic E-state index is -2.90. The summed E-state index contributed by atoms with van der Waals surface area (Å²) in [5, 5.41) is 3.28. The Hall–Kier alpha value is -1.44. The second-order valence-corrected chi connectivity index (χ2v) is 4.83. The number of benzene rings is 1. The van der Waals surface area contributed by atoms with Gasteiger partial charge in [0.15, 0.2) is 11.5 Å². The molecule has 7 heteroatoms. The van der Waals surface area contributed by atoms with Crippen LogP contribution in [0.15, 0.2) is 18.2 Å². The fourth-order valence-corrected chi connectivity index (χ4v) is 1.90. The van der Waals surface area contributed by atoms with Crippen molar-refractivity contribution in [1.29, 1.82) is 0 Å². The van der Waals surface area contributed by atoms with Gasteiger partial charge in [-0.3, -0.25) is 0 Å². The number of alkyl halides is 2. The van der Waals surface area contributed by atoms with Gasteiger partial charge in [0, 0.05) is 25.7 Å². The summed E-state index contributed by atoms with van der Waals surface area (Å²) in [5.74, 6) is 0.279. The third-order valence-corrected chi connectivity index (χ3v) is 2.99. The van der Waals surface area contributed by atoms with E-state index in [1.165, 1.54) is 13.2 Å². The number of nitrogens with one attached hydrogen (secondary N) is 1. The summed E-state index contributed by atoms with van der Waals surface area (Å²) in [6.45, 7) is -0.945. The average molecular weight is 303 g/mol. The van der Waals surface area contributed by atoms with Gasteiger partial charge in [-0.1, -0.05) is 6.07 Å². The molecule has 0 heterocycles. The lowest BCUT2D eigenvalue weighted by Crippen LogP contribution is -2.33. The van der Waals surface area contributed by atoms with Crippen LogP contribution < -0.4 is 20.5 Å². The van der Waals surface area contributed by atoms with Gasteiger partial charge >= 0.3 is 6.61 Å². The molecule has 120 valence electrons. The number of nitrogens with two attached hydrogens (primary N) is 1. The number of halogens is 2. The Balaban J connectivity index is 2.83. The van der Waals surface area contributed by atoms with Crippen molar-refractivity contribution in [2.45, 2.75) is 12.7 Å². The molecule has 0 aliphatic carbocycles. The van der Waals surface area contributed by atoms with E-state index < -0.39 is 6.61 Å². The van der Waals surface area contributed by atoms with Crippen molar-refractivity contribution < 1.29 is 18.3 Å². The van der Waals surface area contributed by atoms with Crippen molar-refractivity contribution in [2.24, 2.45) is 5.73 Å². The van der Waals surface area contributed by atoms with Gasteiger partial charge in [0.05, 0.1) is 7.11 Å². The van der Waals surface area contributed by atoms with E-state index >= 15 is 0 Å². The van der Waals surface area contributed by atoms with E-state index in [4.69, 9.17) is 10.5 Å². The lowest BCUT2D eigenvalue weighted by molar-refractivity contribution is -0.0512. The monoisotopic (exact) mass is 303 g/mol. The highest BCUT2D eigenvalue weighted by Crippen LogP contribution is 2.31. The van der Waals surface area contributed by atoms with Crippen LogP contribution in [0.3, 0.4) is 0 Å². The predicted octanol–water partition coefficient (Wildman–Crippen LogP) is 1.45. The summed E-state index contributed by atoms with van der Waals surface area (Å²) >= 11 is 0. The van der Waals surface area contributed by atoms with Crippen LogP contribution in [0.4, 0.5) is 8.78 Å². The van der Waals surface area contributed by atoms with Gasteiger partial charge in [0.1, 0.15) is 0 Å². The number of rotatable bonds is 9. The highest BCUT2D eigenvalue weighted by Gasteiger charge is 2.15. The molecule has 21 heavy (non-hydrogen) atoms. The smallest absolute Gasteiger partial charge is 0.387 e. The van der Waals surface area contributed by atoms with E-state index in [-0.39, 0.29) is 17.5 Å². The predicted molar refractivity (Wildman–Crippen MR) is 78.0 cm³/mol. The van der Waals surface area contributed by atoms with Crippen LogP contribution in [-0.2, 0) is 0 Å². The first-order chi connectivity index (χ1) is 9.97. The maximum absolute atomic E-state index is 12.4. The molecule has 1 atom stereocenters. The normalized spacial score (nSPS) is 12.8. The first-order valence-electron chi connectivity index (χ1n) is 6.68. The number of ether oxygens (including phenoxy) is 2. The summed E-state index contributed by atoms with van der Waals surface area (Å²) < 4.78 is 34.3. The van der Waals surface area contributed by atoms with E-state index in [2.05, 4.69) is 10.1 Å². The Morgan fingerprint density at radius 2 is 2.00 bits per heavy atom. The van der Waals surface area contributed by atoms with Crippen molar-refractivity contribution in [3.8, 4) is 11.5 Å². The molecule has 0 radical (unpaired) electrons. The summed E-state index contributed by atoms with van der Waals surface area (Å²) in [4.78, 5) is 2.04. The van der Waals surface area contributed by atoms with E-state index in [0.29, 0.717) is 6.54 Å². The molecule has 5 nitrogen and oxygen atoms in total. The second-order valence-electron chi connectivity index (χ2n) is 4.83. The second kappa shape index (κ2) is 8.76. The van der Waals surface area contributed by atoms with Crippen LogP contribution in [0.1, 0.15) is 11.6 Å². The van der Waals surface area contributed by atoms with Crippen molar-refractivity contribution in [1.82, 2.24) is 10.2 Å². The van der Waals surface area contributed by atoms with Gasteiger partial charge in [0.2, 0.25) is 0 Å². The molecule has 0 amide bonds. The highest BCUT2D eigenvalue weighted by molar-refractivity contribution is 5.44. The van der Waals surface area contributed by atoms with Gasteiger partial charge in [-0.25, -0.2) is 0 Å². The Bertz CT molecular complexity index is 431. The maximum atomic E-state index is 12.4. The topological polar surface area (TPSA) is 59.8 Å². The molecule has 0 fully saturated rings. The van der Waals surface area contributed by atoms with E-state index in [9.17, 15) is 8.78 Å². The number of likely N-dealkylation sites (N-methyl/N-ethyl adjacent to an activating group) is 1. The molecule has 0 aromatic heterocycles. The molecule has 0 saturated heterocycles. The quantitative estimate of drug-likeness (QED) is 0.723. The van der Waals surface area contributed by atoms with Gasteiger partial charge in [-0.2, -0.15) is 8.78 Å². The van der Waals surface area contributed by atoms with Gasteiger partial charge in [0.25, 0.3) is 0 Å². The molecule has 1 aromatic rings. The zero-order valence-electron chi connectivity index (χ0n) is 12.6. The maximum Gasteiger partial charge on any atom is 0.387 e. The zero-order chi connectivity index (χ0) is 15.8. The third-order valence-electron chi connectivity index (χ3n) is 2.99. The molecule has 1 unspecified atom stereocenters. The van der Waals surface area contributed by atoms with E-state index in [1.54, 1.807) is 12.1 Å². The Kier molecular flexibility index (Phi) is 7.35. The van der Waals surface area contributed by atoms with E-state index in [0.717, 1.165) is 18.7 Å². The van der Waals surface area contributed by atoms with Crippen LogP contribution in [0.25, 0.3) is 0 Å².